The van der Waals surface area contributed by atoms with Crippen LogP contribution < -0.4 is 14.8 Å². The monoisotopic (exact) mass is 676 g/mol. The number of carboxylic acid groups (broad SMARTS) is 1. The lowest BCUT2D eigenvalue weighted by atomic mass is 9.93. The first-order chi connectivity index (χ1) is 24.3. The van der Waals surface area contributed by atoms with E-state index in [2.05, 4.69) is 32.2 Å². The van der Waals surface area contributed by atoms with Crippen molar-refractivity contribution in [3.05, 3.63) is 84.1 Å². The number of ether oxygens (including phenoxy) is 2. The van der Waals surface area contributed by atoms with Gasteiger partial charge in [-0.15, -0.1) is 0 Å². The zero-order valence-electron chi connectivity index (χ0n) is 28.4. The van der Waals surface area contributed by atoms with Gasteiger partial charge in [0.15, 0.2) is 5.82 Å². The molecule has 0 unspecified atom stereocenters. The Morgan fingerprint density at radius 1 is 0.980 bits per heavy atom. The zero-order chi connectivity index (χ0) is 34.4. The van der Waals surface area contributed by atoms with E-state index in [0.29, 0.717) is 36.2 Å². The van der Waals surface area contributed by atoms with Crippen molar-refractivity contribution in [2.45, 2.75) is 32.2 Å². The van der Waals surface area contributed by atoms with Gasteiger partial charge in [0.1, 0.15) is 41.8 Å². The third-order valence-electron chi connectivity index (χ3n) is 10.2. The quantitative estimate of drug-likeness (QED) is 0.148. The molecule has 1 aliphatic carbocycles. The number of carboxylic acids is 1. The molecule has 1 saturated heterocycles. The maximum absolute atomic E-state index is 14.9. The van der Waals surface area contributed by atoms with Crippen molar-refractivity contribution in [1.29, 1.82) is 0 Å². The fourth-order valence-corrected chi connectivity index (χ4v) is 7.20. The molecule has 3 heterocycles. The van der Waals surface area contributed by atoms with Crippen LogP contribution in [0.15, 0.2) is 67.1 Å². The Morgan fingerprint density at radius 2 is 1.78 bits per heavy atom. The number of anilines is 1. The van der Waals surface area contributed by atoms with Crippen LogP contribution in [0.25, 0.3) is 37.8 Å². The summed E-state index contributed by atoms with van der Waals surface area (Å²) in [5, 5.41) is 23.3. The van der Waals surface area contributed by atoms with Gasteiger partial charge in [-0.25, -0.2) is 18.7 Å². The van der Waals surface area contributed by atoms with Crippen LogP contribution in [-0.4, -0.2) is 94.5 Å². The van der Waals surface area contributed by atoms with Crippen molar-refractivity contribution < 1.29 is 23.8 Å². The van der Waals surface area contributed by atoms with Gasteiger partial charge in [-0.3, -0.25) is 4.90 Å². The van der Waals surface area contributed by atoms with Gasteiger partial charge in [-0.1, -0.05) is 24.3 Å². The second-order valence-electron chi connectivity index (χ2n) is 13.7. The van der Waals surface area contributed by atoms with E-state index < -0.39 is 12.0 Å². The molecule has 2 N–H and O–H groups in total. The van der Waals surface area contributed by atoms with E-state index in [1.807, 2.05) is 49.5 Å². The molecule has 0 spiro atoms. The summed E-state index contributed by atoms with van der Waals surface area (Å²) < 4.78 is 29.1. The Bertz CT molecular complexity index is 2230. The molecule has 11 heteroatoms. The Morgan fingerprint density at radius 3 is 2.58 bits per heavy atom. The summed E-state index contributed by atoms with van der Waals surface area (Å²) in [7, 11) is 2.15. The molecule has 2 aromatic heterocycles. The lowest BCUT2D eigenvalue weighted by Crippen LogP contribution is -2.45. The highest BCUT2D eigenvalue weighted by molar-refractivity contribution is 6.31. The molecule has 4 aromatic carbocycles. The number of piperazine rings is 1. The average molecular weight is 677 g/mol. The number of para-hydroxylation sites is 1. The summed E-state index contributed by atoms with van der Waals surface area (Å²) in [6.07, 6.45) is 5.85. The fraction of sp³-hybridized carbons (Fsp3) is 0.359. The first-order valence-electron chi connectivity index (χ1n) is 17.4. The zero-order valence-corrected chi connectivity index (χ0v) is 28.4. The number of nitrogens with one attached hydrogen (secondary N) is 1. The minimum absolute atomic E-state index is 0.196. The van der Waals surface area contributed by atoms with Crippen LogP contribution >= 0.6 is 0 Å². The van der Waals surface area contributed by atoms with Crippen molar-refractivity contribution in [1.82, 2.24) is 24.4 Å². The molecular formula is C39H41FN6O4. The third-order valence-corrected chi connectivity index (χ3v) is 10.2. The molecule has 2 fully saturated rings. The molecule has 0 amide bonds. The predicted molar refractivity (Wildman–Crippen MR) is 193 cm³/mol. The maximum Gasteiger partial charge on any atom is 0.326 e. The van der Waals surface area contributed by atoms with Gasteiger partial charge in [0.2, 0.25) is 0 Å². The lowest BCUT2D eigenvalue weighted by molar-refractivity contribution is -0.137. The third kappa shape index (κ3) is 6.27. The first kappa shape index (κ1) is 32.2. The number of carbonyl (C=O) groups is 1. The van der Waals surface area contributed by atoms with E-state index in [1.54, 1.807) is 16.6 Å². The maximum atomic E-state index is 14.9. The number of aliphatic carboxylic acids is 1. The predicted octanol–water partition coefficient (Wildman–Crippen LogP) is 6.16. The highest BCUT2D eigenvalue weighted by Crippen LogP contribution is 2.43. The molecular weight excluding hydrogens is 635 g/mol. The molecule has 6 aromatic rings. The minimum Gasteiger partial charge on any atom is -0.493 e. The number of aryl methyl sites for hydroxylation is 1. The molecule has 258 valence electrons. The standard InChI is InChI=1S/C39H41FN6O4/c1-24-33(49-18-17-45-15-13-44(2)14-16-45)12-11-29-35(24)30-20-27(40)9-10-28(30)31-21-46-37(36(29)31)38(41-23-42-46)43-32(39(47)48)19-26-5-3-4-6-34(26)50-22-25-7-8-25/h3-6,9-12,20-21,23,25,32H,7-8,13-19,22H2,1-2H3,(H,47,48)(H,41,42,43)/t32-/m1/s1. The highest BCUT2D eigenvalue weighted by Gasteiger charge is 2.26. The second kappa shape index (κ2) is 13.4. The summed E-state index contributed by atoms with van der Waals surface area (Å²) in [5.41, 5.74) is 2.37. The van der Waals surface area contributed by atoms with Crippen LogP contribution in [0.2, 0.25) is 0 Å². The molecule has 8 rings (SSSR count). The van der Waals surface area contributed by atoms with E-state index in [0.717, 1.165) is 81.9 Å². The van der Waals surface area contributed by atoms with Crippen LogP contribution in [0.5, 0.6) is 11.5 Å². The smallest absolute Gasteiger partial charge is 0.326 e. The van der Waals surface area contributed by atoms with Gasteiger partial charge in [0, 0.05) is 56.1 Å². The molecule has 2 aliphatic rings. The van der Waals surface area contributed by atoms with Crippen molar-refractivity contribution in [2.75, 3.05) is 58.3 Å². The van der Waals surface area contributed by atoms with Crippen LogP contribution in [0.1, 0.15) is 24.0 Å². The largest absolute Gasteiger partial charge is 0.493 e. The van der Waals surface area contributed by atoms with Gasteiger partial charge >= 0.3 is 5.97 Å². The Labute approximate surface area is 289 Å². The summed E-state index contributed by atoms with van der Waals surface area (Å²) >= 11 is 0. The van der Waals surface area contributed by atoms with Crippen LogP contribution in [0.3, 0.4) is 0 Å². The van der Waals surface area contributed by atoms with E-state index in [4.69, 9.17) is 9.47 Å². The lowest BCUT2D eigenvalue weighted by Gasteiger charge is -2.32. The molecule has 0 radical (unpaired) electrons. The van der Waals surface area contributed by atoms with E-state index in [-0.39, 0.29) is 12.2 Å². The number of fused-ring (bicyclic) bond motifs is 8. The van der Waals surface area contributed by atoms with Gasteiger partial charge < -0.3 is 24.8 Å². The molecule has 50 heavy (non-hydrogen) atoms. The second-order valence-corrected chi connectivity index (χ2v) is 13.7. The van der Waals surface area contributed by atoms with Crippen LogP contribution in [-0.2, 0) is 11.2 Å². The normalized spacial score (nSPS) is 16.4. The van der Waals surface area contributed by atoms with Gasteiger partial charge in [-0.2, -0.15) is 5.10 Å². The van der Waals surface area contributed by atoms with Crippen LogP contribution in [0.4, 0.5) is 10.2 Å². The number of hydrogen-bond donors (Lipinski definition) is 2. The Hall–Kier alpha value is -5.00. The number of halogens is 1. The average Bonchev–Trinajstić information content (AvgIpc) is 3.86. The van der Waals surface area contributed by atoms with Gasteiger partial charge in [0.25, 0.3) is 0 Å². The SMILES string of the molecule is Cc1c(OCCN2CCN(C)CC2)ccc2c1c1cc(F)ccc1c1cn3ncnc(N[C@H](Cc4ccccc4OCC4CC4)C(=O)O)c3c12. The molecule has 1 saturated carbocycles. The number of hydrogen-bond acceptors (Lipinski definition) is 8. The number of benzene rings is 4. The van der Waals surface area contributed by atoms with Crippen molar-refractivity contribution in [3.8, 4) is 11.5 Å². The summed E-state index contributed by atoms with van der Waals surface area (Å²) in [4.78, 5) is 22.1. The van der Waals surface area contributed by atoms with E-state index >= 15 is 0 Å². The topological polar surface area (TPSA) is 104 Å². The van der Waals surface area contributed by atoms with Gasteiger partial charge in [-0.05, 0) is 95.7 Å². The summed E-state index contributed by atoms with van der Waals surface area (Å²) in [5.74, 6) is 1.10. The number of nitrogens with zero attached hydrogens (tertiary/aromatic N) is 5. The molecule has 10 nitrogen and oxygen atoms in total. The molecule has 0 bridgehead atoms. The molecule has 1 atom stereocenters. The fourth-order valence-electron chi connectivity index (χ4n) is 7.20. The number of aromatic nitrogens is 3. The van der Waals surface area contributed by atoms with Crippen LogP contribution in [0, 0.1) is 18.7 Å². The van der Waals surface area contributed by atoms with Crippen molar-refractivity contribution in [3.63, 3.8) is 0 Å². The van der Waals surface area contributed by atoms with Crippen molar-refractivity contribution in [2.24, 2.45) is 5.92 Å². The van der Waals surface area contributed by atoms with E-state index in [9.17, 15) is 14.3 Å². The highest BCUT2D eigenvalue weighted by atomic mass is 19.1. The minimum atomic E-state index is -1.00. The molecule has 1 aliphatic heterocycles. The van der Waals surface area contributed by atoms with E-state index in [1.165, 1.54) is 25.2 Å². The summed E-state index contributed by atoms with van der Waals surface area (Å²) in [6, 6.07) is 15.4. The van der Waals surface area contributed by atoms with Gasteiger partial charge in [0.05, 0.1) is 6.61 Å². The number of likely N-dealkylation sites (N-methyl/N-ethyl adjacent to an activating group) is 1. The number of rotatable bonds is 12. The first-order valence-corrected chi connectivity index (χ1v) is 17.4. The Balaban J connectivity index is 1.19. The van der Waals surface area contributed by atoms with Crippen molar-refractivity contribution >= 4 is 49.6 Å². The Kier molecular flexibility index (Phi) is 8.62. The summed E-state index contributed by atoms with van der Waals surface area (Å²) in [6.45, 7) is 8.16.